The first kappa shape index (κ1) is 20.5. The Hall–Kier alpha value is -1.59. The summed E-state index contributed by atoms with van der Waals surface area (Å²) in [6.45, 7) is 9.36. The van der Waals surface area contributed by atoms with Crippen LogP contribution in [0.2, 0.25) is 0 Å². The van der Waals surface area contributed by atoms with E-state index in [2.05, 4.69) is 41.6 Å². The maximum Gasteiger partial charge on any atom is 0.191 e. The molecule has 2 N–H and O–H groups in total. The fourth-order valence-electron chi connectivity index (χ4n) is 2.58. The molecule has 1 aromatic rings. The van der Waals surface area contributed by atoms with E-state index in [1.54, 1.807) is 14.2 Å². The Morgan fingerprint density at radius 1 is 1.17 bits per heavy atom. The molecule has 0 radical (unpaired) electrons. The van der Waals surface area contributed by atoms with Crippen LogP contribution < -0.4 is 10.6 Å². The van der Waals surface area contributed by atoms with Crippen LogP contribution in [0, 0.1) is 5.92 Å². The van der Waals surface area contributed by atoms with Crippen molar-refractivity contribution in [3.8, 4) is 0 Å². The molecule has 1 unspecified atom stereocenters. The number of guanidine groups is 1. The molecule has 5 heteroatoms. The summed E-state index contributed by atoms with van der Waals surface area (Å²) in [4.78, 5) is 4.29. The number of rotatable bonds is 10. The van der Waals surface area contributed by atoms with Gasteiger partial charge in [0, 0.05) is 33.9 Å². The number of hydrogen-bond donors (Lipinski definition) is 2. The predicted molar refractivity (Wildman–Crippen MR) is 100 cm³/mol. The van der Waals surface area contributed by atoms with E-state index in [0.717, 1.165) is 32.1 Å². The standard InChI is InChI=1S/C19H33N3O2/c1-6-24-18(15(2)3)11-12-21-19(20-4)22-13-16-9-7-8-10-17(16)14-23-5/h7-10,15,18H,6,11-14H2,1-5H3,(H2,20,21,22). The van der Waals surface area contributed by atoms with Crippen molar-refractivity contribution in [2.45, 2.75) is 46.4 Å². The van der Waals surface area contributed by atoms with Gasteiger partial charge in [-0.2, -0.15) is 0 Å². The molecule has 0 spiro atoms. The van der Waals surface area contributed by atoms with E-state index in [0.29, 0.717) is 12.5 Å². The number of aliphatic imine (C=N–C) groups is 1. The van der Waals surface area contributed by atoms with Crippen LogP contribution in [0.15, 0.2) is 29.3 Å². The van der Waals surface area contributed by atoms with E-state index < -0.39 is 0 Å². The van der Waals surface area contributed by atoms with Crippen molar-refractivity contribution in [1.29, 1.82) is 0 Å². The molecule has 0 bridgehead atoms. The van der Waals surface area contributed by atoms with Crippen molar-refractivity contribution in [3.63, 3.8) is 0 Å². The number of nitrogens with zero attached hydrogens (tertiary/aromatic N) is 1. The van der Waals surface area contributed by atoms with Crippen LogP contribution in [0.1, 0.15) is 38.3 Å². The molecule has 0 heterocycles. The molecule has 0 aliphatic carbocycles. The van der Waals surface area contributed by atoms with Crippen molar-refractivity contribution in [2.75, 3.05) is 27.3 Å². The number of benzene rings is 1. The average Bonchev–Trinajstić information content (AvgIpc) is 2.58. The molecule has 1 aromatic carbocycles. The van der Waals surface area contributed by atoms with Crippen molar-refractivity contribution in [3.05, 3.63) is 35.4 Å². The molecule has 0 amide bonds. The van der Waals surface area contributed by atoms with Crippen LogP contribution in [0.3, 0.4) is 0 Å². The van der Waals surface area contributed by atoms with Gasteiger partial charge in [-0.25, -0.2) is 0 Å². The van der Waals surface area contributed by atoms with Gasteiger partial charge in [0.2, 0.25) is 0 Å². The van der Waals surface area contributed by atoms with E-state index in [1.165, 1.54) is 11.1 Å². The van der Waals surface area contributed by atoms with Crippen LogP contribution in [-0.2, 0) is 22.6 Å². The number of hydrogen-bond acceptors (Lipinski definition) is 3. The molecule has 0 saturated carbocycles. The second-order valence-electron chi connectivity index (χ2n) is 6.08. The molecule has 5 nitrogen and oxygen atoms in total. The number of ether oxygens (including phenoxy) is 2. The first-order valence-electron chi connectivity index (χ1n) is 8.74. The summed E-state index contributed by atoms with van der Waals surface area (Å²) in [5, 5.41) is 6.72. The summed E-state index contributed by atoms with van der Waals surface area (Å²) in [5.74, 6) is 1.32. The number of nitrogens with one attached hydrogen (secondary N) is 2. The largest absolute Gasteiger partial charge is 0.380 e. The van der Waals surface area contributed by atoms with Crippen molar-refractivity contribution in [1.82, 2.24) is 10.6 Å². The SMILES string of the molecule is CCOC(CCNC(=NC)NCc1ccccc1COC)C(C)C. The van der Waals surface area contributed by atoms with Crippen molar-refractivity contribution >= 4 is 5.96 Å². The minimum atomic E-state index is 0.281. The molecule has 0 aliphatic heterocycles. The third-order valence-electron chi connectivity index (χ3n) is 3.93. The monoisotopic (exact) mass is 335 g/mol. The van der Waals surface area contributed by atoms with E-state index >= 15 is 0 Å². The highest BCUT2D eigenvalue weighted by Gasteiger charge is 2.13. The highest BCUT2D eigenvalue weighted by Crippen LogP contribution is 2.10. The Kier molecular flexibility index (Phi) is 10.1. The van der Waals surface area contributed by atoms with E-state index in [1.807, 2.05) is 19.1 Å². The van der Waals surface area contributed by atoms with Crippen molar-refractivity contribution in [2.24, 2.45) is 10.9 Å². The van der Waals surface area contributed by atoms with Gasteiger partial charge in [0.15, 0.2) is 5.96 Å². The van der Waals surface area contributed by atoms with Gasteiger partial charge in [-0.05, 0) is 30.4 Å². The smallest absolute Gasteiger partial charge is 0.191 e. The highest BCUT2D eigenvalue weighted by molar-refractivity contribution is 5.79. The van der Waals surface area contributed by atoms with Crippen LogP contribution in [-0.4, -0.2) is 39.4 Å². The third-order valence-corrected chi connectivity index (χ3v) is 3.93. The fraction of sp³-hybridized carbons (Fsp3) is 0.632. The lowest BCUT2D eigenvalue weighted by Crippen LogP contribution is -2.39. The van der Waals surface area contributed by atoms with Crippen molar-refractivity contribution < 1.29 is 9.47 Å². The minimum absolute atomic E-state index is 0.281. The second-order valence-corrected chi connectivity index (χ2v) is 6.08. The lowest BCUT2D eigenvalue weighted by atomic mass is 10.0. The molecule has 0 aliphatic rings. The highest BCUT2D eigenvalue weighted by atomic mass is 16.5. The van der Waals surface area contributed by atoms with Gasteiger partial charge >= 0.3 is 0 Å². The summed E-state index contributed by atoms with van der Waals surface area (Å²) >= 11 is 0. The Morgan fingerprint density at radius 3 is 2.46 bits per heavy atom. The molecule has 0 fully saturated rings. The van der Waals surface area contributed by atoms with Gasteiger partial charge in [-0.3, -0.25) is 4.99 Å². The lowest BCUT2D eigenvalue weighted by molar-refractivity contribution is 0.0258. The Labute approximate surface area is 146 Å². The van der Waals surface area contributed by atoms with Crippen LogP contribution in [0.4, 0.5) is 0 Å². The Bertz CT molecular complexity index is 489. The molecular weight excluding hydrogens is 302 g/mol. The molecule has 0 aromatic heterocycles. The molecule has 1 atom stereocenters. The first-order valence-corrected chi connectivity index (χ1v) is 8.74. The van der Waals surface area contributed by atoms with E-state index in [9.17, 15) is 0 Å². The zero-order valence-corrected chi connectivity index (χ0v) is 15.8. The van der Waals surface area contributed by atoms with Gasteiger partial charge in [-0.15, -0.1) is 0 Å². The summed E-state index contributed by atoms with van der Waals surface area (Å²) < 4.78 is 11.0. The number of methoxy groups -OCH3 is 1. The van der Waals surface area contributed by atoms with Gasteiger partial charge < -0.3 is 20.1 Å². The van der Waals surface area contributed by atoms with Gasteiger partial charge in [0.05, 0.1) is 12.7 Å². The normalized spacial score (nSPS) is 13.2. The van der Waals surface area contributed by atoms with Gasteiger partial charge in [0.25, 0.3) is 0 Å². The quantitative estimate of drug-likeness (QED) is 0.510. The summed E-state index contributed by atoms with van der Waals surface area (Å²) in [6, 6.07) is 8.27. The van der Waals surface area contributed by atoms with Crippen LogP contribution in [0.25, 0.3) is 0 Å². The molecular formula is C19H33N3O2. The zero-order chi connectivity index (χ0) is 17.8. The Morgan fingerprint density at radius 2 is 1.88 bits per heavy atom. The average molecular weight is 335 g/mol. The zero-order valence-electron chi connectivity index (χ0n) is 15.8. The lowest BCUT2D eigenvalue weighted by Gasteiger charge is -2.21. The first-order chi connectivity index (χ1) is 11.6. The molecule has 136 valence electrons. The molecule has 1 rings (SSSR count). The fourth-order valence-corrected chi connectivity index (χ4v) is 2.58. The molecule has 0 saturated heterocycles. The summed E-state index contributed by atoms with van der Waals surface area (Å²) in [6.07, 6.45) is 1.25. The summed E-state index contributed by atoms with van der Waals surface area (Å²) in [5.41, 5.74) is 2.41. The van der Waals surface area contributed by atoms with E-state index in [-0.39, 0.29) is 6.10 Å². The van der Waals surface area contributed by atoms with Crippen LogP contribution >= 0.6 is 0 Å². The predicted octanol–water partition coefficient (Wildman–Crippen LogP) is 2.95. The van der Waals surface area contributed by atoms with Gasteiger partial charge in [0.1, 0.15) is 0 Å². The van der Waals surface area contributed by atoms with Crippen LogP contribution in [0.5, 0.6) is 0 Å². The maximum atomic E-state index is 5.78. The third kappa shape index (κ3) is 7.32. The maximum absolute atomic E-state index is 5.78. The summed E-state index contributed by atoms with van der Waals surface area (Å²) in [7, 11) is 3.51. The minimum Gasteiger partial charge on any atom is -0.380 e. The second kappa shape index (κ2) is 11.9. The molecule has 24 heavy (non-hydrogen) atoms. The Balaban J connectivity index is 2.46. The topological polar surface area (TPSA) is 54.9 Å². The van der Waals surface area contributed by atoms with E-state index in [4.69, 9.17) is 9.47 Å². The van der Waals surface area contributed by atoms with Gasteiger partial charge in [-0.1, -0.05) is 38.1 Å².